The molecular weight excluding hydrogens is 678 g/mol. The number of hydrogen-bond donors (Lipinski definition) is 5. The van der Waals surface area contributed by atoms with Gasteiger partial charge in [0.05, 0.1) is 20.8 Å². The minimum absolute atomic E-state index is 0.0502. The summed E-state index contributed by atoms with van der Waals surface area (Å²) in [5, 5.41) is 11.0. The molecule has 2 bridgehead atoms. The largest absolute Gasteiger partial charge is 0.496 e. The van der Waals surface area contributed by atoms with Crippen LogP contribution in [0.15, 0.2) is 71.6 Å². The first-order chi connectivity index (χ1) is 24.3. The Morgan fingerprint density at radius 2 is 1.57 bits per heavy atom. The van der Waals surface area contributed by atoms with Gasteiger partial charge in [-0.3, -0.25) is 19.2 Å². The number of ether oxygens (including phenoxy) is 3. The van der Waals surface area contributed by atoms with Gasteiger partial charge >= 0.3 is 0 Å². The van der Waals surface area contributed by atoms with Crippen molar-refractivity contribution in [2.75, 3.05) is 27.4 Å². The predicted molar refractivity (Wildman–Crippen MR) is 187 cm³/mol. The molecule has 3 aromatic rings. The summed E-state index contributed by atoms with van der Waals surface area (Å²) in [5.74, 6) is -1.53. The van der Waals surface area contributed by atoms with E-state index in [4.69, 9.17) is 14.2 Å². The van der Waals surface area contributed by atoms with E-state index in [1.807, 2.05) is 18.2 Å². The van der Waals surface area contributed by atoms with Gasteiger partial charge in [0.15, 0.2) is 0 Å². The van der Waals surface area contributed by atoms with Crippen molar-refractivity contribution in [1.29, 1.82) is 0 Å². The van der Waals surface area contributed by atoms with Crippen molar-refractivity contribution in [2.24, 2.45) is 0 Å². The van der Waals surface area contributed by atoms with Crippen LogP contribution in [-0.2, 0) is 42.0 Å². The number of hydrogen-bond acceptors (Lipinski definition) is 9. The maximum atomic E-state index is 13.8. The number of benzene rings is 3. The van der Waals surface area contributed by atoms with E-state index in [0.717, 1.165) is 5.56 Å². The van der Waals surface area contributed by atoms with E-state index < -0.39 is 51.4 Å². The first kappa shape index (κ1) is 37.1. The van der Waals surface area contributed by atoms with Gasteiger partial charge in [-0.1, -0.05) is 42.5 Å². The summed E-state index contributed by atoms with van der Waals surface area (Å²) in [6, 6.07) is 14.9. The molecule has 0 radical (unpaired) electrons. The molecule has 6 rings (SSSR count). The summed E-state index contributed by atoms with van der Waals surface area (Å²) in [5.41, 5.74) is 0.894. The average molecular weight is 722 g/mol. The fraction of sp³-hybridized carbons (Fsp3) is 0.389. The van der Waals surface area contributed by atoms with Gasteiger partial charge in [0, 0.05) is 12.5 Å². The first-order valence-corrected chi connectivity index (χ1v) is 18.0. The molecule has 1 saturated carbocycles. The molecule has 2 heterocycles. The van der Waals surface area contributed by atoms with Crippen LogP contribution in [0, 0.1) is 6.92 Å². The average Bonchev–Trinajstić information content (AvgIpc) is 3.90. The van der Waals surface area contributed by atoms with E-state index in [1.54, 1.807) is 43.3 Å². The van der Waals surface area contributed by atoms with E-state index in [1.165, 1.54) is 33.3 Å². The highest BCUT2D eigenvalue weighted by Crippen LogP contribution is 2.36. The Kier molecular flexibility index (Phi) is 11.5. The maximum Gasteiger partial charge on any atom is 0.245 e. The van der Waals surface area contributed by atoms with Crippen LogP contribution in [0.2, 0.25) is 0 Å². The Balaban J connectivity index is 1.44. The van der Waals surface area contributed by atoms with Crippen LogP contribution in [0.5, 0.6) is 17.2 Å². The summed E-state index contributed by atoms with van der Waals surface area (Å²) in [6.45, 7) is 3.49. The highest BCUT2D eigenvalue weighted by atomic mass is 32.2. The van der Waals surface area contributed by atoms with E-state index >= 15 is 0 Å². The van der Waals surface area contributed by atoms with Crippen LogP contribution in [0.4, 0.5) is 0 Å². The lowest BCUT2D eigenvalue weighted by atomic mass is 10.0. The fourth-order valence-corrected chi connectivity index (χ4v) is 7.08. The van der Waals surface area contributed by atoms with Crippen LogP contribution in [0.1, 0.15) is 36.5 Å². The summed E-state index contributed by atoms with van der Waals surface area (Å²) in [6.07, 6.45) is 0.889. The Morgan fingerprint density at radius 1 is 0.882 bits per heavy atom. The summed E-state index contributed by atoms with van der Waals surface area (Å²) >= 11 is 0. The molecule has 2 aliphatic heterocycles. The van der Waals surface area contributed by atoms with Crippen LogP contribution in [0.25, 0.3) is 0 Å². The van der Waals surface area contributed by atoms with Gasteiger partial charge in [-0.05, 0) is 68.0 Å². The van der Waals surface area contributed by atoms with E-state index in [2.05, 4.69) is 26.0 Å². The highest BCUT2D eigenvalue weighted by Gasteiger charge is 2.51. The first-order valence-electron chi connectivity index (χ1n) is 16.6. The van der Waals surface area contributed by atoms with Crippen LogP contribution < -0.4 is 40.2 Å². The third-order valence-electron chi connectivity index (χ3n) is 8.82. The minimum atomic E-state index is -4.40. The number of amides is 4. The topological polar surface area (TPSA) is 190 Å². The molecule has 1 spiro atoms. The van der Waals surface area contributed by atoms with Crippen molar-refractivity contribution in [3.05, 3.63) is 83.4 Å². The molecular formula is C36H43N5O9S. The van der Waals surface area contributed by atoms with Crippen molar-refractivity contribution in [1.82, 2.24) is 26.0 Å². The third kappa shape index (κ3) is 9.15. The van der Waals surface area contributed by atoms with Gasteiger partial charge in [-0.25, -0.2) is 8.42 Å². The Hall–Kier alpha value is -5.15. The normalized spacial score (nSPS) is 21.4. The van der Waals surface area contributed by atoms with Crippen molar-refractivity contribution >= 4 is 33.7 Å². The van der Waals surface area contributed by atoms with Gasteiger partial charge in [-0.15, -0.1) is 0 Å². The lowest BCUT2D eigenvalue weighted by Crippen LogP contribution is -2.59. The highest BCUT2D eigenvalue weighted by molar-refractivity contribution is 7.89. The number of aryl methyl sites for hydroxylation is 1. The second-order valence-corrected chi connectivity index (χ2v) is 14.3. The Labute approximate surface area is 297 Å². The summed E-state index contributed by atoms with van der Waals surface area (Å²) in [4.78, 5) is 53.9. The molecule has 4 amide bonds. The molecule has 3 aromatic carbocycles. The molecule has 5 N–H and O–H groups in total. The zero-order chi connectivity index (χ0) is 36.8. The van der Waals surface area contributed by atoms with Gasteiger partial charge in [0.2, 0.25) is 33.7 Å². The van der Waals surface area contributed by atoms with E-state index in [-0.39, 0.29) is 42.5 Å². The smallest absolute Gasteiger partial charge is 0.245 e. The minimum Gasteiger partial charge on any atom is -0.496 e. The second-order valence-electron chi connectivity index (χ2n) is 12.7. The van der Waals surface area contributed by atoms with Gasteiger partial charge in [0.1, 0.15) is 52.4 Å². The quantitative estimate of drug-likeness (QED) is 0.224. The Morgan fingerprint density at radius 3 is 2.22 bits per heavy atom. The molecule has 51 heavy (non-hydrogen) atoms. The molecule has 15 heteroatoms. The fourth-order valence-electron chi connectivity index (χ4n) is 5.72. The number of carbonyl (C=O) groups excluding carboxylic acids is 4. The van der Waals surface area contributed by atoms with Crippen LogP contribution in [-0.4, -0.2) is 83.1 Å². The molecule has 0 saturated heterocycles. The molecule has 1 fully saturated rings. The van der Waals surface area contributed by atoms with E-state index in [0.29, 0.717) is 35.5 Å². The van der Waals surface area contributed by atoms with Crippen molar-refractivity contribution in [2.45, 2.75) is 68.1 Å². The molecule has 14 nitrogen and oxygen atoms in total. The number of methoxy groups -OCH3 is 2. The summed E-state index contributed by atoms with van der Waals surface area (Å²) in [7, 11) is -1.65. The SMILES string of the molecule is COc1cc(S(=O)(=O)N[C@H]2Cc3ccc(cc3)OCCNC(=O)C3(CC3)NC(=O)[C@@H](Cc3ccccc3)NC(=O)[C@H](C)NC2=O)c(OC)cc1C. The molecule has 272 valence electrons. The van der Waals surface area contributed by atoms with Crippen LogP contribution >= 0.6 is 0 Å². The second kappa shape index (κ2) is 15.8. The standard InChI is InChI=1S/C36H43N5O9S/c1-22-18-30(49-4)31(21-29(22)48-3)51(46,47)41-28-20-25-10-12-26(13-11-25)50-17-16-37-35(45)36(14-15-36)40-34(44)27(19-24-8-6-5-7-9-24)39-32(42)23(2)38-33(28)43/h5-13,18,21,23,27-28,41H,14-17,19-20H2,1-4H3,(H,37,45)(H,38,43)(H,39,42)(H,40,44)/t23-,27+,28-/m0/s1. The number of rotatable bonds is 7. The Bertz CT molecular complexity index is 1870. The van der Waals surface area contributed by atoms with Gasteiger partial charge in [0.25, 0.3) is 0 Å². The number of carbonyl (C=O) groups is 4. The number of fused-ring (bicyclic) bond motifs is 15. The monoisotopic (exact) mass is 721 g/mol. The van der Waals surface area contributed by atoms with Crippen molar-refractivity contribution in [3.63, 3.8) is 0 Å². The van der Waals surface area contributed by atoms with Crippen molar-refractivity contribution < 1.29 is 41.8 Å². The zero-order valence-corrected chi connectivity index (χ0v) is 29.7. The summed E-state index contributed by atoms with van der Waals surface area (Å²) < 4.78 is 46.6. The van der Waals surface area contributed by atoms with Gasteiger partial charge < -0.3 is 35.5 Å². The molecule has 0 unspecified atom stereocenters. The predicted octanol–water partition coefficient (Wildman–Crippen LogP) is 1.29. The van der Waals surface area contributed by atoms with E-state index in [9.17, 15) is 27.6 Å². The molecule has 1 aliphatic carbocycles. The molecule has 3 atom stereocenters. The van der Waals surface area contributed by atoms with Gasteiger partial charge in [-0.2, -0.15) is 4.72 Å². The van der Waals surface area contributed by atoms with Crippen LogP contribution in [0.3, 0.4) is 0 Å². The number of nitrogens with one attached hydrogen (secondary N) is 5. The number of sulfonamides is 1. The third-order valence-corrected chi connectivity index (χ3v) is 10.3. The lowest BCUT2D eigenvalue weighted by molar-refractivity contribution is -0.134. The lowest BCUT2D eigenvalue weighted by Gasteiger charge is -2.26. The maximum absolute atomic E-state index is 13.8. The zero-order valence-electron chi connectivity index (χ0n) is 28.9. The molecule has 0 aromatic heterocycles. The molecule has 3 aliphatic rings. The van der Waals surface area contributed by atoms with Crippen molar-refractivity contribution in [3.8, 4) is 17.2 Å².